The third-order valence-corrected chi connectivity index (χ3v) is 9.31. The van der Waals surface area contributed by atoms with Crippen molar-refractivity contribution in [1.29, 1.82) is 21.0 Å². The number of benzene rings is 4. The SMILES string of the molecule is Cc1ccc(Sc2c(C#N)cc(O)c(O)c2C#N)c(C)c1.Cc1ccc(Sc2c(C#N)cc(OC(C)C)c(OC(C)C)c2C#N)c(C)c1. The van der Waals surface area contributed by atoms with Crippen LogP contribution in [0.15, 0.2) is 68.1 Å². The maximum Gasteiger partial charge on any atom is 0.180 e. The molecule has 4 rings (SSSR count). The molecule has 0 unspecified atom stereocenters. The first kappa shape index (κ1) is 37.2. The van der Waals surface area contributed by atoms with Crippen molar-refractivity contribution in [2.45, 2.75) is 87.2 Å². The molecule has 0 amide bonds. The van der Waals surface area contributed by atoms with E-state index in [1.165, 1.54) is 35.2 Å². The highest BCUT2D eigenvalue weighted by atomic mass is 32.2. The third-order valence-electron chi connectivity index (χ3n) is 6.70. The topological polar surface area (TPSA) is 154 Å². The van der Waals surface area contributed by atoms with Gasteiger partial charge in [0.25, 0.3) is 0 Å². The summed E-state index contributed by atoms with van der Waals surface area (Å²) in [5.41, 5.74) is 5.21. The van der Waals surface area contributed by atoms with E-state index in [1.54, 1.807) is 6.07 Å². The zero-order valence-electron chi connectivity index (χ0n) is 28.1. The van der Waals surface area contributed by atoms with Crippen LogP contribution in [0.3, 0.4) is 0 Å². The number of hydrogen-bond donors (Lipinski definition) is 2. The maximum absolute atomic E-state index is 9.87. The molecule has 4 aromatic carbocycles. The molecular weight excluding hydrogens is 641 g/mol. The lowest BCUT2D eigenvalue weighted by atomic mass is 10.1. The molecule has 48 heavy (non-hydrogen) atoms. The summed E-state index contributed by atoms with van der Waals surface area (Å²) in [5, 5.41) is 57.3. The molecule has 0 spiro atoms. The highest BCUT2D eigenvalue weighted by molar-refractivity contribution is 7.99. The molecule has 2 N–H and O–H groups in total. The number of nitriles is 4. The summed E-state index contributed by atoms with van der Waals surface area (Å²) in [6, 6.07) is 23.0. The Hall–Kier alpha value is -5.26. The molecule has 8 nitrogen and oxygen atoms in total. The molecule has 0 atom stereocenters. The molecule has 0 aliphatic carbocycles. The summed E-state index contributed by atoms with van der Waals surface area (Å²) >= 11 is 2.65. The predicted molar refractivity (Wildman–Crippen MR) is 187 cm³/mol. The first-order chi connectivity index (χ1) is 22.7. The molecule has 0 aliphatic heterocycles. The molecular formula is C38H36N4O4S2. The monoisotopic (exact) mass is 676 g/mol. The van der Waals surface area contributed by atoms with Gasteiger partial charge in [-0.15, -0.1) is 0 Å². The smallest absolute Gasteiger partial charge is 0.180 e. The van der Waals surface area contributed by atoms with Crippen LogP contribution in [0.1, 0.15) is 72.2 Å². The van der Waals surface area contributed by atoms with Gasteiger partial charge in [-0.1, -0.05) is 58.9 Å². The van der Waals surface area contributed by atoms with Crippen LogP contribution in [0.4, 0.5) is 0 Å². The van der Waals surface area contributed by atoms with E-state index in [2.05, 4.69) is 18.2 Å². The van der Waals surface area contributed by atoms with Crippen molar-refractivity contribution >= 4 is 23.5 Å². The van der Waals surface area contributed by atoms with Crippen LogP contribution in [0.5, 0.6) is 23.0 Å². The molecule has 0 bridgehead atoms. The van der Waals surface area contributed by atoms with Gasteiger partial charge in [0.2, 0.25) is 0 Å². The van der Waals surface area contributed by atoms with E-state index < -0.39 is 11.5 Å². The highest BCUT2D eigenvalue weighted by Crippen LogP contribution is 2.45. The van der Waals surface area contributed by atoms with Crippen molar-refractivity contribution < 1.29 is 19.7 Å². The van der Waals surface area contributed by atoms with Crippen LogP contribution in [0, 0.1) is 73.0 Å². The van der Waals surface area contributed by atoms with E-state index in [9.17, 15) is 31.3 Å². The first-order valence-electron chi connectivity index (χ1n) is 15.0. The Morgan fingerprint density at radius 2 is 1.06 bits per heavy atom. The zero-order chi connectivity index (χ0) is 35.7. The number of aryl methyl sites for hydroxylation is 4. The fraction of sp³-hybridized carbons (Fsp3) is 0.263. The van der Waals surface area contributed by atoms with E-state index in [1.807, 2.05) is 97.9 Å². The Kier molecular flexibility index (Phi) is 12.8. The van der Waals surface area contributed by atoms with Gasteiger partial charge in [0.15, 0.2) is 23.0 Å². The van der Waals surface area contributed by atoms with Gasteiger partial charge >= 0.3 is 0 Å². The maximum atomic E-state index is 9.87. The van der Waals surface area contributed by atoms with Crippen LogP contribution in [0.25, 0.3) is 0 Å². The minimum Gasteiger partial charge on any atom is -0.504 e. The number of aromatic hydroxyl groups is 2. The minimum absolute atomic E-state index is 0.0866. The van der Waals surface area contributed by atoms with Gasteiger partial charge in [0.05, 0.1) is 33.1 Å². The van der Waals surface area contributed by atoms with Gasteiger partial charge in [0.1, 0.15) is 35.4 Å². The lowest BCUT2D eigenvalue weighted by Crippen LogP contribution is -2.13. The van der Waals surface area contributed by atoms with E-state index in [-0.39, 0.29) is 23.3 Å². The summed E-state index contributed by atoms with van der Waals surface area (Å²) in [4.78, 5) is 2.83. The number of nitrogens with zero attached hydrogens (tertiary/aromatic N) is 4. The van der Waals surface area contributed by atoms with Crippen LogP contribution < -0.4 is 9.47 Å². The van der Waals surface area contributed by atoms with Crippen molar-refractivity contribution in [2.24, 2.45) is 0 Å². The van der Waals surface area contributed by atoms with Crippen molar-refractivity contribution in [3.05, 3.63) is 93.0 Å². The largest absolute Gasteiger partial charge is 0.504 e. The number of phenolic OH excluding ortho intramolecular Hbond substituents is 2. The van der Waals surface area contributed by atoms with E-state index in [4.69, 9.17) is 9.47 Å². The van der Waals surface area contributed by atoms with Crippen LogP contribution in [-0.4, -0.2) is 22.4 Å². The van der Waals surface area contributed by atoms with Gasteiger partial charge in [-0.3, -0.25) is 0 Å². The Bertz CT molecular complexity index is 2010. The lowest BCUT2D eigenvalue weighted by molar-refractivity contribution is 0.197. The fourth-order valence-corrected chi connectivity index (χ4v) is 6.65. The Balaban J connectivity index is 0.000000269. The minimum atomic E-state index is -0.497. The van der Waals surface area contributed by atoms with Crippen molar-refractivity contribution in [1.82, 2.24) is 0 Å². The number of hydrogen-bond acceptors (Lipinski definition) is 10. The van der Waals surface area contributed by atoms with Crippen molar-refractivity contribution in [2.75, 3.05) is 0 Å². The normalized spacial score (nSPS) is 10.3. The molecule has 0 saturated carbocycles. The predicted octanol–water partition coefficient (Wildman–Crippen LogP) is 9.38. The van der Waals surface area contributed by atoms with Gasteiger partial charge in [-0.2, -0.15) is 21.0 Å². The first-order valence-corrected chi connectivity index (χ1v) is 16.6. The molecule has 0 radical (unpaired) electrons. The molecule has 0 saturated heterocycles. The number of rotatable bonds is 8. The Labute approximate surface area is 290 Å². The molecule has 10 heteroatoms. The highest BCUT2D eigenvalue weighted by Gasteiger charge is 2.24. The Morgan fingerprint density at radius 3 is 1.48 bits per heavy atom. The average molecular weight is 677 g/mol. The van der Waals surface area contributed by atoms with Crippen LogP contribution in [-0.2, 0) is 0 Å². The second kappa shape index (κ2) is 16.5. The fourth-order valence-electron chi connectivity index (χ4n) is 4.59. The van der Waals surface area contributed by atoms with E-state index >= 15 is 0 Å². The van der Waals surface area contributed by atoms with Gasteiger partial charge in [-0.25, -0.2) is 0 Å². The van der Waals surface area contributed by atoms with E-state index in [0.717, 1.165) is 26.5 Å². The van der Waals surface area contributed by atoms with Gasteiger partial charge < -0.3 is 19.7 Å². The molecule has 244 valence electrons. The lowest BCUT2D eigenvalue weighted by Gasteiger charge is -2.20. The molecule has 0 aromatic heterocycles. The zero-order valence-corrected chi connectivity index (χ0v) is 29.7. The second-order valence-electron chi connectivity index (χ2n) is 11.5. The molecule has 0 heterocycles. The average Bonchev–Trinajstić information content (AvgIpc) is 3.02. The second-order valence-corrected chi connectivity index (χ2v) is 13.6. The molecule has 0 fully saturated rings. The summed E-state index contributed by atoms with van der Waals surface area (Å²) in [7, 11) is 0. The molecule has 0 aliphatic rings. The van der Waals surface area contributed by atoms with Gasteiger partial charge in [-0.05, 0) is 78.6 Å². The summed E-state index contributed by atoms with van der Waals surface area (Å²) in [6.45, 7) is 15.6. The summed E-state index contributed by atoms with van der Waals surface area (Å²) in [6.07, 6.45) is -0.228. The standard InChI is InChI=1S/C22H24N2O2S.C16H12N2O2S/c1-13(2)25-19-10-17(11-23)22(18(12-24)21(19)26-14(3)4)27-20-8-7-15(5)9-16(20)6;1-9-3-4-14(10(2)5-9)21-16-11(7-17)6-13(19)15(20)12(16)8-18/h7-10,13-14H,1-6H3;3-6,19-20H,1-2H3. The third kappa shape index (κ3) is 8.96. The Morgan fingerprint density at radius 1 is 0.604 bits per heavy atom. The van der Waals surface area contributed by atoms with Gasteiger partial charge in [0, 0.05) is 21.9 Å². The summed E-state index contributed by atoms with van der Waals surface area (Å²) in [5.74, 6) is -0.138. The number of phenols is 2. The van der Waals surface area contributed by atoms with Crippen LogP contribution >= 0.6 is 23.5 Å². The molecule has 4 aromatic rings. The van der Waals surface area contributed by atoms with Crippen LogP contribution in [0.2, 0.25) is 0 Å². The quantitative estimate of drug-likeness (QED) is 0.172. The summed E-state index contributed by atoms with van der Waals surface area (Å²) < 4.78 is 11.8. The number of ether oxygens (including phenoxy) is 2. The van der Waals surface area contributed by atoms with Crippen molar-refractivity contribution in [3.8, 4) is 47.3 Å². The van der Waals surface area contributed by atoms with Crippen molar-refractivity contribution in [3.63, 3.8) is 0 Å². The van der Waals surface area contributed by atoms with E-state index in [0.29, 0.717) is 32.4 Å².